The SMILES string of the molecule is CC(=O)C(C(C)=O)C(CS(=O)(=O)C(F)(F)C(F)(F)C(F)(F)C(F)(F)C(F)(F)C(F)(F)F)c1ccco1. The highest BCUT2D eigenvalue weighted by molar-refractivity contribution is 7.92. The summed E-state index contributed by atoms with van der Waals surface area (Å²) in [4.78, 5) is 23.5. The van der Waals surface area contributed by atoms with E-state index in [2.05, 4.69) is 4.42 Å². The number of alkyl halides is 13. The molecule has 0 fully saturated rings. The van der Waals surface area contributed by atoms with Crippen molar-refractivity contribution in [2.45, 2.75) is 54.9 Å². The quantitative estimate of drug-likeness (QED) is 0.265. The van der Waals surface area contributed by atoms with E-state index in [-0.39, 0.29) is 0 Å². The molecule has 0 saturated heterocycles. The fourth-order valence-electron chi connectivity index (χ4n) is 2.99. The molecule has 1 unspecified atom stereocenters. The van der Waals surface area contributed by atoms with Crippen molar-refractivity contribution in [3.8, 4) is 0 Å². The first-order valence-electron chi connectivity index (χ1n) is 8.94. The summed E-state index contributed by atoms with van der Waals surface area (Å²) >= 11 is 0. The van der Waals surface area contributed by atoms with Gasteiger partial charge in [0.15, 0.2) is 0 Å². The van der Waals surface area contributed by atoms with E-state index in [9.17, 15) is 75.1 Å². The van der Waals surface area contributed by atoms with Crippen LogP contribution in [0.1, 0.15) is 25.5 Å². The Labute approximate surface area is 192 Å². The van der Waals surface area contributed by atoms with Gasteiger partial charge in [-0.15, -0.1) is 0 Å². The fraction of sp³-hybridized carbons (Fsp3) is 0.647. The third-order valence-electron chi connectivity index (χ3n) is 4.88. The van der Waals surface area contributed by atoms with Crippen molar-refractivity contribution in [1.82, 2.24) is 0 Å². The maximum absolute atomic E-state index is 14.3. The van der Waals surface area contributed by atoms with Crippen LogP contribution in [0.4, 0.5) is 57.1 Å². The number of carbonyl (C=O) groups is 2. The standard InChI is InChI=1S/C17H13F13O5S/c1-7(31)11(8(2)32)9(10-4-3-5-35-10)6-36(33,34)17(29,30)15(24,25)13(20,21)12(18,19)14(22,23)16(26,27)28/h3-5,9,11H,6H2,1-2H3. The summed E-state index contributed by atoms with van der Waals surface area (Å²) in [6.07, 6.45) is -6.96. The van der Waals surface area contributed by atoms with E-state index < -0.39 is 79.9 Å². The van der Waals surface area contributed by atoms with Crippen LogP contribution >= 0.6 is 0 Å². The summed E-state index contributed by atoms with van der Waals surface area (Å²) in [7, 11) is -7.27. The number of ketones is 2. The summed E-state index contributed by atoms with van der Waals surface area (Å²) in [5.74, 6) is -43.4. The molecule has 0 aliphatic carbocycles. The lowest BCUT2D eigenvalue weighted by atomic mass is 9.85. The number of Topliss-reactive ketones (excluding diaryl/α,β-unsaturated/α-hetero) is 2. The van der Waals surface area contributed by atoms with Gasteiger partial charge in [-0.2, -0.15) is 57.1 Å². The second kappa shape index (κ2) is 9.20. The summed E-state index contributed by atoms with van der Waals surface area (Å²) in [6.45, 7) is 1.19. The number of rotatable bonds is 11. The van der Waals surface area contributed by atoms with Gasteiger partial charge in [-0.1, -0.05) is 0 Å². The van der Waals surface area contributed by atoms with Crippen LogP contribution in [-0.4, -0.2) is 60.9 Å². The van der Waals surface area contributed by atoms with Gasteiger partial charge in [-0.3, -0.25) is 9.59 Å². The lowest BCUT2D eigenvalue weighted by Gasteiger charge is -2.39. The van der Waals surface area contributed by atoms with Gasteiger partial charge in [0, 0.05) is 5.92 Å². The number of halogens is 13. The molecule has 0 aromatic carbocycles. The molecule has 0 aliphatic heterocycles. The van der Waals surface area contributed by atoms with E-state index in [0.29, 0.717) is 20.1 Å². The highest BCUT2D eigenvalue weighted by atomic mass is 32.2. The molecule has 1 aromatic rings. The zero-order valence-corrected chi connectivity index (χ0v) is 18.3. The molecular formula is C17H13F13O5S. The molecule has 0 amide bonds. The van der Waals surface area contributed by atoms with Crippen molar-refractivity contribution in [2.24, 2.45) is 5.92 Å². The summed E-state index contributed by atoms with van der Waals surface area (Å²) in [5, 5.41) is -7.45. The molecule has 5 nitrogen and oxygen atoms in total. The smallest absolute Gasteiger partial charge is 0.460 e. The third kappa shape index (κ3) is 4.69. The van der Waals surface area contributed by atoms with Crippen LogP contribution in [0.2, 0.25) is 0 Å². The lowest BCUT2D eigenvalue weighted by Crippen LogP contribution is -2.71. The average molecular weight is 576 g/mol. The van der Waals surface area contributed by atoms with Crippen LogP contribution in [0, 0.1) is 5.92 Å². The average Bonchev–Trinajstić information content (AvgIpc) is 3.19. The summed E-state index contributed by atoms with van der Waals surface area (Å²) in [6, 6.07) is 1.63. The Morgan fingerprint density at radius 2 is 1.19 bits per heavy atom. The largest absolute Gasteiger partial charge is 0.469 e. The van der Waals surface area contributed by atoms with Crippen molar-refractivity contribution in [1.29, 1.82) is 0 Å². The molecular weight excluding hydrogens is 563 g/mol. The minimum absolute atomic E-state index is 0.593. The van der Waals surface area contributed by atoms with Crippen molar-refractivity contribution < 1.29 is 79.5 Å². The molecule has 1 rings (SSSR count). The van der Waals surface area contributed by atoms with Gasteiger partial charge in [0.25, 0.3) is 0 Å². The highest BCUT2D eigenvalue weighted by Gasteiger charge is 2.92. The van der Waals surface area contributed by atoms with Gasteiger partial charge >= 0.3 is 35.1 Å². The van der Waals surface area contributed by atoms with Crippen LogP contribution < -0.4 is 0 Å². The number of hydrogen-bond donors (Lipinski definition) is 0. The number of furan rings is 1. The Hall–Kier alpha value is -2.34. The van der Waals surface area contributed by atoms with Crippen molar-refractivity contribution in [3.05, 3.63) is 24.2 Å². The molecule has 36 heavy (non-hydrogen) atoms. The summed E-state index contributed by atoms with van der Waals surface area (Å²) < 4.78 is 202. The predicted octanol–water partition coefficient (Wildman–Crippen LogP) is 5.27. The molecule has 0 N–H and O–H groups in total. The van der Waals surface area contributed by atoms with Crippen molar-refractivity contribution in [2.75, 3.05) is 5.75 Å². The second-order valence-corrected chi connectivity index (χ2v) is 9.49. The molecule has 1 atom stereocenters. The molecule has 0 radical (unpaired) electrons. The minimum atomic E-state index is -8.32. The van der Waals surface area contributed by atoms with Crippen LogP contribution in [0.5, 0.6) is 0 Å². The topological polar surface area (TPSA) is 81.4 Å². The lowest BCUT2D eigenvalue weighted by molar-refractivity contribution is -0.433. The van der Waals surface area contributed by atoms with E-state index in [1.165, 1.54) is 0 Å². The second-order valence-electron chi connectivity index (χ2n) is 7.41. The molecule has 0 spiro atoms. The maximum atomic E-state index is 14.3. The third-order valence-corrected chi connectivity index (χ3v) is 6.72. The van der Waals surface area contributed by atoms with Gasteiger partial charge in [0.2, 0.25) is 9.84 Å². The van der Waals surface area contributed by atoms with E-state index in [1.54, 1.807) is 0 Å². The predicted molar refractivity (Wildman–Crippen MR) is 90.9 cm³/mol. The van der Waals surface area contributed by atoms with E-state index in [0.717, 1.165) is 12.1 Å². The Balaban J connectivity index is 3.70. The zero-order valence-electron chi connectivity index (χ0n) is 17.5. The normalized spacial score (nSPS) is 15.8. The van der Waals surface area contributed by atoms with Gasteiger partial charge in [-0.25, -0.2) is 8.42 Å². The Morgan fingerprint density at radius 3 is 1.53 bits per heavy atom. The molecule has 1 aromatic heterocycles. The molecule has 19 heteroatoms. The first-order chi connectivity index (χ1) is 15.7. The molecule has 0 bridgehead atoms. The van der Waals surface area contributed by atoms with Gasteiger partial charge in [0.1, 0.15) is 17.3 Å². The zero-order chi connectivity index (χ0) is 28.9. The first-order valence-corrected chi connectivity index (χ1v) is 10.6. The molecule has 208 valence electrons. The Morgan fingerprint density at radius 1 is 0.778 bits per heavy atom. The van der Waals surface area contributed by atoms with Gasteiger partial charge in [-0.05, 0) is 26.0 Å². The molecule has 1 heterocycles. The van der Waals surface area contributed by atoms with Crippen molar-refractivity contribution >= 4 is 21.4 Å². The number of hydrogen-bond acceptors (Lipinski definition) is 5. The van der Waals surface area contributed by atoms with E-state index in [4.69, 9.17) is 0 Å². The molecule has 0 saturated carbocycles. The Bertz CT molecular complexity index is 1060. The fourth-order valence-corrected chi connectivity index (χ4v) is 4.55. The molecule has 0 aliphatic rings. The van der Waals surface area contributed by atoms with Crippen LogP contribution in [-0.2, 0) is 19.4 Å². The van der Waals surface area contributed by atoms with Crippen LogP contribution in [0.15, 0.2) is 22.8 Å². The van der Waals surface area contributed by atoms with Gasteiger partial charge in [0.05, 0.1) is 17.9 Å². The van der Waals surface area contributed by atoms with Crippen LogP contribution in [0.25, 0.3) is 0 Å². The van der Waals surface area contributed by atoms with Crippen LogP contribution in [0.3, 0.4) is 0 Å². The van der Waals surface area contributed by atoms with Crippen molar-refractivity contribution in [3.63, 3.8) is 0 Å². The first kappa shape index (κ1) is 31.7. The highest BCUT2D eigenvalue weighted by Crippen LogP contribution is 2.61. The number of carbonyl (C=O) groups excluding carboxylic acids is 2. The maximum Gasteiger partial charge on any atom is 0.460 e. The summed E-state index contributed by atoms with van der Waals surface area (Å²) in [5.41, 5.74) is 0. The van der Waals surface area contributed by atoms with E-state index in [1.807, 2.05) is 0 Å². The van der Waals surface area contributed by atoms with E-state index >= 15 is 0 Å². The Kier molecular flexibility index (Phi) is 8.10. The van der Waals surface area contributed by atoms with Gasteiger partial charge < -0.3 is 4.42 Å². The minimum Gasteiger partial charge on any atom is -0.469 e. The number of sulfone groups is 1. The monoisotopic (exact) mass is 576 g/mol.